The van der Waals surface area contributed by atoms with Gasteiger partial charge in [0.1, 0.15) is 0 Å². The van der Waals surface area contributed by atoms with Gasteiger partial charge < -0.3 is 19.8 Å². The summed E-state index contributed by atoms with van der Waals surface area (Å²) in [6, 6.07) is 0. The third-order valence-corrected chi connectivity index (χ3v) is 6.68. The third kappa shape index (κ3) is 28.5. The Kier molecular flexibility index (Phi) is 27.2. The Bertz CT molecular complexity index is 357. The van der Waals surface area contributed by atoms with Gasteiger partial charge in [-0.1, -0.05) is 66.2 Å². The number of hydrogen-bond acceptors (Lipinski definition) is 6. The number of thioether (sulfide) groups is 2. The summed E-state index contributed by atoms with van der Waals surface area (Å²) < 4.78 is 0. The first-order valence-corrected chi connectivity index (χ1v) is 12.8. The predicted molar refractivity (Wildman–Crippen MR) is 126 cm³/mol. The van der Waals surface area contributed by atoms with Gasteiger partial charge >= 0.3 is 0 Å². The quantitative estimate of drug-likeness (QED) is 0.213. The van der Waals surface area contributed by atoms with E-state index in [0.717, 1.165) is 36.2 Å². The van der Waals surface area contributed by atoms with E-state index in [1.165, 1.54) is 62.0 Å². The molecule has 0 rings (SSSR count). The average Bonchev–Trinajstić information content (AvgIpc) is 2.60. The molecule has 0 aromatic heterocycles. The fourth-order valence-corrected chi connectivity index (χ4v) is 4.04. The van der Waals surface area contributed by atoms with Gasteiger partial charge in [0.15, 0.2) is 0 Å². The van der Waals surface area contributed by atoms with Crippen molar-refractivity contribution >= 4 is 59.9 Å². The van der Waals surface area contributed by atoms with Crippen LogP contribution in [0.4, 0.5) is 0 Å². The van der Waals surface area contributed by atoms with Gasteiger partial charge in [-0.2, -0.15) is 23.5 Å². The summed E-state index contributed by atoms with van der Waals surface area (Å²) in [5, 5.41) is 20.0. The maximum Gasteiger partial charge on any atom is 0.0541 e. The molecule has 0 aromatic carbocycles. The van der Waals surface area contributed by atoms with Crippen molar-refractivity contribution in [1.29, 1.82) is 0 Å². The number of hydrogen-bond donors (Lipinski definition) is 0. The van der Waals surface area contributed by atoms with Crippen LogP contribution in [-0.2, 0) is 9.59 Å². The van der Waals surface area contributed by atoms with Crippen LogP contribution >= 0.6 is 23.5 Å². The molecule has 2 atom stereocenters. The van der Waals surface area contributed by atoms with E-state index in [2.05, 4.69) is 27.7 Å². The zero-order valence-electron chi connectivity index (χ0n) is 19.3. The van der Waals surface area contributed by atoms with E-state index in [-0.39, 0.29) is 34.9 Å². The molecule has 4 nitrogen and oxygen atoms in total. The Morgan fingerprint density at radius 3 is 1.17 bits per heavy atom. The minimum Gasteiger partial charge on any atom is -0.549 e. The van der Waals surface area contributed by atoms with Gasteiger partial charge in [-0.15, -0.1) is 0 Å². The van der Waals surface area contributed by atoms with E-state index in [1.54, 1.807) is 13.8 Å². The van der Waals surface area contributed by atoms with Crippen molar-refractivity contribution in [2.45, 2.75) is 103 Å². The van der Waals surface area contributed by atoms with Crippen LogP contribution in [-0.4, -0.2) is 58.4 Å². The molecule has 0 aromatic rings. The van der Waals surface area contributed by atoms with Crippen molar-refractivity contribution in [3.8, 4) is 0 Å². The molecule has 29 heavy (non-hydrogen) atoms. The van der Waals surface area contributed by atoms with E-state index in [0.29, 0.717) is 0 Å². The van der Waals surface area contributed by atoms with Crippen molar-refractivity contribution in [1.82, 2.24) is 0 Å². The van der Waals surface area contributed by atoms with Gasteiger partial charge in [0, 0.05) is 34.9 Å². The van der Waals surface area contributed by atoms with Crippen molar-refractivity contribution < 1.29 is 19.8 Å². The molecular weight excluding hydrogens is 514 g/mol. The number of aliphatic carboxylic acids is 2. The monoisotopic (exact) mass is 555 g/mol. The van der Waals surface area contributed by atoms with Gasteiger partial charge in [-0.25, -0.2) is 0 Å². The molecule has 7 heteroatoms. The predicted octanol–water partition coefficient (Wildman–Crippen LogP) is 3.77. The first-order valence-electron chi connectivity index (χ1n) is 10.7. The molecule has 0 saturated heterocycles. The van der Waals surface area contributed by atoms with Gasteiger partial charge in [-0.3, -0.25) is 0 Å². The average molecular weight is 556 g/mol. The minimum atomic E-state index is -0.947. The van der Waals surface area contributed by atoms with Crippen LogP contribution in [0.3, 0.4) is 0 Å². The summed E-state index contributed by atoms with van der Waals surface area (Å²) in [4.78, 5) is 20.8. The fraction of sp³-hybridized carbons (Fsp3) is 0.909. The van der Waals surface area contributed by atoms with E-state index < -0.39 is 11.9 Å². The molecule has 0 aliphatic heterocycles. The van der Waals surface area contributed by atoms with E-state index in [4.69, 9.17) is 0 Å². The number of carboxylic acid groups (broad SMARTS) is 2. The SMILES string of the molecule is CC(C)CCCCCSC(C)C(=O)[O-].CC(C)CCCCCSC(C)C(=O)[O-].[Sb]. The molecule has 3 radical (unpaired) electrons. The smallest absolute Gasteiger partial charge is 0.0541 e. The second-order valence-electron chi connectivity index (χ2n) is 8.15. The summed E-state index contributed by atoms with van der Waals surface area (Å²) in [7, 11) is 0. The number of rotatable bonds is 16. The first-order chi connectivity index (χ1) is 13.1. The van der Waals surface area contributed by atoms with Gasteiger partial charge in [-0.05, 0) is 50.0 Å². The molecule has 2 unspecified atom stereocenters. The van der Waals surface area contributed by atoms with Crippen molar-refractivity contribution in [2.75, 3.05) is 11.5 Å². The molecule has 0 spiro atoms. The number of carboxylic acids is 2. The Labute approximate surface area is 205 Å². The third-order valence-electron chi connectivity index (χ3n) is 4.25. The zero-order chi connectivity index (χ0) is 21.9. The molecular formula is C22H42O4S2Sb-2. The largest absolute Gasteiger partial charge is 0.549 e. The maximum absolute atomic E-state index is 10.4. The van der Waals surface area contributed by atoms with Crippen LogP contribution in [0.15, 0.2) is 0 Å². The van der Waals surface area contributed by atoms with Crippen LogP contribution in [0.1, 0.15) is 92.9 Å². The topological polar surface area (TPSA) is 80.3 Å². The Hall–Kier alpha value is 0.458. The molecule has 0 heterocycles. The van der Waals surface area contributed by atoms with Crippen LogP contribution in [0.5, 0.6) is 0 Å². The zero-order valence-corrected chi connectivity index (χ0v) is 23.5. The number of carbonyl (C=O) groups excluding carboxylic acids is 2. The second kappa shape index (κ2) is 23.1. The van der Waals surface area contributed by atoms with Gasteiger partial charge in [0.2, 0.25) is 0 Å². The van der Waals surface area contributed by atoms with E-state index in [9.17, 15) is 19.8 Å². The van der Waals surface area contributed by atoms with Crippen LogP contribution in [0.2, 0.25) is 0 Å². The maximum atomic E-state index is 10.4. The van der Waals surface area contributed by atoms with Gasteiger partial charge in [0.05, 0.1) is 11.9 Å². The molecule has 0 amide bonds. The molecule has 0 fully saturated rings. The first kappa shape index (κ1) is 34.1. The van der Waals surface area contributed by atoms with Crippen molar-refractivity contribution in [3.05, 3.63) is 0 Å². The molecule has 0 N–H and O–H groups in total. The summed E-state index contributed by atoms with van der Waals surface area (Å²) in [5.74, 6) is 1.55. The van der Waals surface area contributed by atoms with Crippen molar-refractivity contribution in [3.63, 3.8) is 0 Å². The number of unbranched alkanes of at least 4 members (excludes halogenated alkanes) is 4. The Morgan fingerprint density at radius 1 is 0.621 bits per heavy atom. The summed E-state index contributed by atoms with van der Waals surface area (Å²) in [5.41, 5.74) is 0. The van der Waals surface area contributed by atoms with E-state index >= 15 is 0 Å². The standard InChI is InChI=1S/2C11H22O2S.Sb/c2*1-9(2)7-5-4-6-8-14-10(3)11(12)13;/h2*9-10H,4-8H2,1-3H3,(H,12,13);/p-2. The Balaban J connectivity index is -0.000000451. The summed E-state index contributed by atoms with van der Waals surface area (Å²) in [6.45, 7) is 12.3. The molecule has 0 saturated carbocycles. The van der Waals surface area contributed by atoms with E-state index in [1.807, 2.05) is 0 Å². The van der Waals surface area contributed by atoms with Gasteiger partial charge in [0.25, 0.3) is 0 Å². The van der Waals surface area contributed by atoms with Crippen LogP contribution < -0.4 is 10.2 Å². The van der Waals surface area contributed by atoms with Crippen LogP contribution in [0, 0.1) is 11.8 Å². The minimum absolute atomic E-state index is 0. The second-order valence-corrected chi connectivity index (χ2v) is 11.0. The summed E-state index contributed by atoms with van der Waals surface area (Å²) >= 11 is 2.96. The molecule has 0 aliphatic rings. The molecule has 173 valence electrons. The molecule has 0 aliphatic carbocycles. The van der Waals surface area contributed by atoms with Crippen molar-refractivity contribution in [2.24, 2.45) is 11.8 Å². The van der Waals surface area contributed by atoms with Crippen LogP contribution in [0.25, 0.3) is 0 Å². The number of carbonyl (C=O) groups is 2. The fourth-order valence-electron chi connectivity index (χ4n) is 2.32. The normalized spacial score (nSPS) is 12.7. The Morgan fingerprint density at radius 2 is 0.931 bits per heavy atom. The summed E-state index contributed by atoms with van der Waals surface area (Å²) in [6.07, 6.45) is 9.75. The molecule has 0 bridgehead atoms.